The lowest BCUT2D eigenvalue weighted by Crippen LogP contribution is -2.35. The van der Waals surface area contributed by atoms with E-state index >= 15 is 0 Å². The normalized spacial score (nSPS) is 27.9. The molecule has 2 rings (SSSR count). The van der Waals surface area contributed by atoms with Crippen molar-refractivity contribution < 1.29 is 17.9 Å². The predicted molar refractivity (Wildman–Crippen MR) is 58.7 cm³/mol. The van der Waals surface area contributed by atoms with Crippen molar-refractivity contribution in [1.82, 2.24) is 5.32 Å². The first-order chi connectivity index (χ1) is 7.55. The molecule has 1 saturated heterocycles. The molecule has 5 nitrogen and oxygen atoms in total. The Labute approximate surface area is 95.5 Å². The number of carbonyl (C=O) groups excluding carboxylic acids is 1. The van der Waals surface area contributed by atoms with Crippen LogP contribution in [0.15, 0.2) is 0 Å². The number of sulfone groups is 1. The summed E-state index contributed by atoms with van der Waals surface area (Å²) in [7, 11) is -2.87. The minimum Gasteiger partial charge on any atom is -0.464 e. The summed E-state index contributed by atoms with van der Waals surface area (Å²) < 4.78 is 27.3. The summed E-state index contributed by atoms with van der Waals surface area (Å²) in [6, 6.07) is -0.0847. The maximum absolute atomic E-state index is 11.3. The van der Waals surface area contributed by atoms with Crippen LogP contribution in [0.4, 0.5) is 0 Å². The first-order valence-electron chi connectivity index (χ1n) is 5.64. The van der Waals surface area contributed by atoms with Crippen molar-refractivity contribution in [2.45, 2.75) is 25.3 Å². The molecule has 1 N–H and O–H groups in total. The van der Waals surface area contributed by atoms with E-state index in [-0.39, 0.29) is 30.1 Å². The maximum Gasteiger partial charge on any atom is 0.319 e. The molecule has 0 spiro atoms. The van der Waals surface area contributed by atoms with E-state index in [1.807, 2.05) is 0 Å². The highest BCUT2D eigenvalue weighted by atomic mass is 32.2. The van der Waals surface area contributed by atoms with Crippen molar-refractivity contribution in [3.8, 4) is 0 Å². The fourth-order valence-corrected chi connectivity index (χ4v) is 3.44. The molecule has 0 bridgehead atoms. The smallest absolute Gasteiger partial charge is 0.319 e. The molecular formula is C10H17NO4S. The molecule has 1 aliphatic carbocycles. The summed E-state index contributed by atoms with van der Waals surface area (Å²) in [6.45, 7) is 0.635. The van der Waals surface area contributed by atoms with Crippen molar-refractivity contribution in [2.75, 3.05) is 24.7 Å². The molecule has 0 aromatic carbocycles. The largest absolute Gasteiger partial charge is 0.464 e. The Balaban J connectivity index is 1.61. The second-order valence-electron chi connectivity index (χ2n) is 4.61. The Hall–Kier alpha value is -0.620. The van der Waals surface area contributed by atoms with Gasteiger partial charge in [-0.3, -0.25) is 4.79 Å². The van der Waals surface area contributed by atoms with E-state index in [1.54, 1.807) is 0 Å². The first kappa shape index (κ1) is 11.9. The van der Waals surface area contributed by atoms with Crippen molar-refractivity contribution in [1.29, 1.82) is 0 Å². The third kappa shape index (κ3) is 3.75. The van der Waals surface area contributed by atoms with Crippen LogP contribution in [0, 0.1) is 5.92 Å². The van der Waals surface area contributed by atoms with Crippen molar-refractivity contribution in [3.05, 3.63) is 0 Å². The van der Waals surface area contributed by atoms with Gasteiger partial charge in [0.05, 0.1) is 24.7 Å². The molecule has 0 amide bonds. The third-order valence-corrected chi connectivity index (χ3v) is 4.71. The van der Waals surface area contributed by atoms with Crippen molar-refractivity contribution in [3.63, 3.8) is 0 Å². The van der Waals surface area contributed by atoms with Gasteiger partial charge in [-0.2, -0.15) is 0 Å². The molecule has 2 aliphatic rings. The minimum absolute atomic E-state index is 0.0847. The van der Waals surface area contributed by atoms with Crippen LogP contribution in [0.1, 0.15) is 19.3 Å². The summed E-state index contributed by atoms with van der Waals surface area (Å²) in [5, 5.41) is 2.93. The summed E-state index contributed by atoms with van der Waals surface area (Å²) >= 11 is 0. The Bertz CT molecular complexity index is 361. The van der Waals surface area contributed by atoms with Gasteiger partial charge in [-0.05, 0) is 25.2 Å². The van der Waals surface area contributed by atoms with E-state index in [1.165, 1.54) is 0 Å². The van der Waals surface area contributed by atoms with Gasteiger partial charge in [0.1, 0.15) is 0 Å². The average molecular weight is 247 g/mol. The minimum atomic E-state index is -2.87. The number of carbonyl (C=O) groups is 1. The Morgan fingerprint density at radius 2 is 2.06 bits per heavy atom. The number of nitrogens with one attached hydrogen (secondary N) is 1. The van der Waals surface area contributed by atoms with E-state index in [0.717, 1.165) is 12.8 Å². The fourth-order valence-electron chi connectivity index (χ4n) is 1.73. The maximum atomic E-state index is 11.3. The van der Waals surface area contributed by atoms with Crippen LogP contribution in [0.25, 0.3) is 0 Å². The highest BCUT2D eigenvalue weighted by Gasteiger charge is 2.28. The lowest BCUT2D eigenvalue weighted by atomic mass is 10.3. The predicted octanol–water partition coefficient (Wildman–Crippen LogP) is -0.284. The molecule has 0 aromatic rings. The van der Waals surface area contributed by atoms with E-state index in [2.05, 4.69) is 5.32 Å². The zero-order valence-electron chi connectivity index (χ0n) is 9.15. The SMILES string of the molecule is O=C(CNC1CCS(=O)(=O)C1)OCC1CC1. The van der Waals surface area contributed by atoms with Crippen molar-refractivity contribution >= 4 is 15.8 Å². The second-order valence-corrected chi connectivity index (χ2v) is 6.84. The molecule has 1 aliphatic heterocycles. The van der Waals surface area contributed by atoms with E-state index in [9.17, 15) is 13.2 Å². The topological polar surface area (TPSA) is 72.5 Å². The van der Waals surface area contributed by atoms with Crippen LogP contribution in [0.5, 0.6) is 0 Å². The third-order valence-electron chi connectivity index (χ3n) is 2.94. The molecule has 1 unspecified atom stereocenters. The standard InChI is InChI=1S/C10H17NO4S/c12-10(15-6-8-1-2-8)5-11-9-3-4-16(13,14)7-9/h8-9,11H,1-7H2. The molecule has 92 valence electrons. The van der Waals surface area contributed by atoms with Crippen LogP contribution < -0.4 is 5.32 Å². The van der Waals surface area contributed by atoms with Crippen LogP contribution >= 0.6 is 0 Å². The quantitative estimate of drug-likeness (QED) is 0.676. The van der Waals surface area contributed by atoms with Gasteiger partial charge in [0.15, 0.2) is 9.84 Å². The van der Waals surface area contributed by atoms with Crippen LogP contribution in [0.3, 0.4) is 0 Å². The lowest BCUT2D eigenvalue weighted by molar-refractivity contribution is -0.143. The Morgan fingerprint density at radius 1 is 1.31 bits per heavy atom. The van der Waals surface area contributed by atoms with E-state index < -0.39 is 9.84 Å². The van der Waals surface area contributed by atoms with Crippen LogP contribution in [-0.2, 0) is 19.4 Å². The number of ether oxygens (including phenoxy) is 1. The van der Waals surface area contributed by atoms with Crippen LogP contribution in [0.2, 0.25) is 0 Å². The van der Waals surface area contributed by atoms with Crippen molar-refractivity contribution in [2.24, 2.45) is 5.92 Å². The number of esters is 1. The number of hydrogen-bond acceptors (Lipinski definition) is 5. The van der Waals surface area contributed by atoms with Gasteiger partial charge in [-0.25, -0.2) is 8.42 Å². The Kier molecular flexibility index (Phi) is 3.49. The summed E-state index contributed by atoms with van der Waals surface area (Å²) in [4.78, 5) is 11.3. The zero-order chi connectivity index (χ0) is 11.6. The molecule has 6 heteroatoms. The molecule has 1 saturated carbocycles. The molecule has 2 fully saturated rings. The lowest BCUT2D eigenvalue weighted by Gasteiger charge is -2.09. The van der Waals surface area contributed by atoms with E-state index in [0.29, 0.717) is 18.9 Å². The van der Waals surface area contributed by atoms with Gasteiger partial charge in [-0.1, -0.05) is 0 Å². The van der Waals surface area contributed by atoms with Gasteiger partial charge >= 0.3 is 5.97 Å². The second kappa shape index (κ2) is 4.71. The number of rotatable bonds is 5. The molecule has 1 atom stereocenters. The summed E-state index contributed by atoms with van der Waals surface area (Å²) in [6.07, 6.45) is 2.90. The molecular weight excluding hydrogens is 230 g/mol. The zero-order valence-corrected chi connectivity index (χ0v) is 9.96. The average Bonchev–Trinajstić information content (AvgIpc) is 2.97. The van der Waals surface area contributed by atoms with Gasteiger partial charge in [0, 0.05) is 6.04 Å². The van der Waals surface area contributed by atoms with Gasteiger partial charge in [0.2, 0.25) is 0 Å². The number of hydrogen-bond donors (Lipinski definition) is 1. The van der Waals surface area contributed by atoms with Crippen LogP contribution in [-0.4, -0.2) is 45.1 Å². The highest BCUT2D eigenvalue weighted by molar-refractivity contribution is 7.91. The molecule has 16 heavy (non-hydrogen) atoms. The monoisotopic (exact) mass is 247 g/mol. The first-order valence-corrected chi connectivity index (χ1v) is 7.47. The molecule has 1 heterocycles. The summed E-state index contributed by atoms with van der Waals surface area (Å²) in [5.41, 5.74) is 0. The van der Waals surface area contributed by atoms with Gasteiger partial charge < -0.3 is 10.1 Å². The van der Waals surface area contributed by atoms with E-state index in [4.69, 9.17) is 4.74 Å². The van der Waals surface area contributed by atoms with Gasteiger partial charge in [-0.15, -0.1) is 0 Å². The van der Waals surface area contributed by atoms with Gasteiger partial charge in [0.25, 0.3) is 0 Å². The molecule has 0 aromatic heterocycles. The molecule has 0 radical (unpaired) electrons. The summed E-state index contributed by atoms with van der Waals surface area (Å²) in [5.74, 6) is 0.650. The fraction of sp³-hybridized carbons (Fsp3) is 0.900. The highest BCUT2D eigenvalue weighted by Crippen LogP contribution is 2.28. The Morgan fingerprint density at radius 3 is 2.62 bits per heavy atom.